The Hall–Kier alpha value is -2.16. The molecule has 2 N–H and O–H groups in total. The number of hydrogen-bond donors (Lipinski definition) is 2. The van der Waals surface area contributed by atoms with Crippen LogP contribution in [-0.4, -0.2) is 34.3 Å². The molecule has 0 fully saturated rings. The summed E-state index contributed by atoms with van der Waals surface area (Å²) in [5.41, 5.74) is 3.39. The van der Waals surface area contributed by atoms with Crippen LogP contribution < -0.4 is 24.8 Å². The second-order valence-corrected chi connectivity index (χ2v) is 5.79. The minimum absolute atomic E-state index is 0. The lowest BCUT2D eigenvalue weighted by molar-refractivity contribution is 0.347. The number of halogens is 1. The van der Waals surface area contributed by atoms with Crippen LogP contribution >= 0.6 is 24.0 Å². The van der Waals surface area contributed by atoms with Gasteiger partial charge in [-0.15, -0.1) is 24.0 Å². The number of ether oxygens (including phenoxy) is 3. The smallest absolute Gasteiger partial charge is 0.191 e. The first-order valence-corrected chi connectivity index (χ1v) is 8.40. The van der Waals surface area contributed by atoms with Crippen molar-refractivity contribution in [3.05, 3.63) is 53.1 Å². The standard InChI is InChI=1S/C20H27N3O3.HI/c1-14-7-6-8-15(9-14)12-22-20(21-2)23-13-16-10-18(25-4)19(26-5)11-17(16)24-3;/h6-11H,12-13H2,1-5H3,(H2,21,22,23);1H. The minimum Gasteiger partial charge on any atom is -0.496 e. The van der Waals surface area contributed by atoms with Gasteiger partial charge in [-0.05, 0) is 18.6 Å². The minimum atomic E-state index is 0. The van der Waals surface area contributed by atoms with Gasteiger partial charge in [0.2, 0.25) is 0 Å². The number of nitrogens with one attached hydrogen (secondary N) is 2. The zero-order valence-corrected chi connectivity index (χ0v) is 18.8. The second kappa shape index (κ2) is 11.5. The highest BCUT2D eigenvalue weighted by atomic mass is 127. The van der Waals surface area contributed by atoms with E-state index in [0.29, 0.717) is 30.5 Å². The van der Waals surface area contributed by atoms with E-state index in [1.54, 1.807) is 28.4 Å². The molecule has 0 aliphatic carbocycles. The van der Waals surface area contributed by atoms with Crippen LogP contribution in [0.3, 0.4) is 0 Å². The molecule has 2 rings (SSSR count). The van der Waals surface area contributed by atoms with Gasteiger partial charge in [0.05, 0.1) is 21.3 Å². The van der Waals surface area contributed by atoms with E-state index in [1.807, 2.05) is 12.1 Å². The van der Waals surface area contributed by atoms with Crippen molar-refractivity contribution in [1.82, 2.24) is 10.6 Å². The van der Waals surface area contributed by atoms with E-state index in [9.17, 15) is 0 Å². The molecule has 0 unspecified atom stereocenters. The molecule has 6 nitrogen and oxygen atoms in total. The van der Waals surface area contributed by atoms with Crippen molar-refractivity contribution in [3.63, 3.8) is 0 Å². The predicted octanol–water partition coefficient (Wildman–Crippen LogP) is 3.50. The molecule has 2 aromatic carbocycles. The summed E-state index contributed by atoms with van der Waals surface area (Å²) in [6, 6.07) is 12.1. The fourth-order valence-corrected chi connectivity index (χ4v) is 2.64. The van der Waals surface area contributed by atoms with Crippen LogP contribution in [0.1, 0.15) is 16.7 Å². The lowest BCUT2D eigenvalue weighted by Crippen LogP contribution is -2.36. The Morgan fingerprint density at radius 2 is 1.52 bits per heavy atom. The molecule has 0 aliphatic rings. The summed E-state index contributed by atoms with van der Waals surface area (Å²) in [4.78, 5) is 4.27. The fraction of sp³-hybridized carbons (Fsp3) is 0.350. The Labute approximate surface area is 178 Å². The van der Waals surface area contributed by atoms with E-state index < -0.39 is 0 Å². The summed E-state index contributed by atoms with van der Waals surface area (Å²) < 4.78 is 16.1. The molecule has 0 heterocycles. The lowest BCUT2D eigenvalue weighted by atomic mass is 10.1. The first kappa shape index (κ1) is 22.9. The topological polar surface area (TPSA) is 64.1 Å². The Morgan fingerprint density at radius 3 is 2.11 bits per heavy atom. The molecule has 0 aromatic heterocycles. The third kappa shape index (κ3) is 6.50. The first-order valence-electron chi connectivity index (χ1n) is 8.40. The number of rotatable bonds is 7. The Morgan fingerprint density at radius 1 is 0.889 bits per heavy atom. The number of methoxy groups -OCH3 is 3. The zero-order chi connectivity index (χ0) is 18.9. The van der Waals surface area contributed by atoms with Gasteiger partial charge in [-0.3, -0.25) is 4.99 Å². The average Bonchev–Trinajstić information content (AvgIpc) is 2.67. The highest BCUT2D eigenvalue weighted by Crippen LogP contribution is 2.34. The van der Waals surface area contributed by atoms with Gasteiger partial charge in [0, 0.05) is 31.8 Å². The molecule has 148 valence electrons. The highest BCUT2D eigenvalue weighted by Gasteiger charge is 2.12. The molecule has 0 saturated carbocycles. The van der Waals surface area contributed by atoms with E-state index >= 15 is 0 Å². The summed E-state index contributed by atoms with van der Waals surface area (Å²) in [6.07, 6.45) is 0. The molecule has 0 bridgehead atoms. The molecule has 0 amide bonds. The van der Waals surface area contributed by atoms with E-state index in [2.05, 4.69) is 46.8 Å². The molecule has 0 aliphatic heterocycles. The third-order valence-corrected chi connectivity index (χ3v) is 4.00. The van der Waals surface area contributed by atoms with Crippen molar-refractivity contribution in [2.45, 2.75) is 20.0 Å². The van der Waals surface area contributed by atoms with Crippen LogP contribution in [0.15, 0.2) is 41.4 Å². The van der Waals surface area contributed by atoms with Gasteiger partial charge in [0.15, 0.2) is 17.5 Å². The Balaban J connectivity index is 0.00000364. The summed E-state index contributed by atoms with van der Waals surface area (Å²) in [6.45, 7) is 3.32. The molecule has 0 radical (unpaired) electrons. The summed E-state index contributed by atoms with van der Waals surface area (Å²) in [7, 11) is 6.60. The largest absolute Gasteiger partial charge is 0.496 e. The maximum Gasteiger partial charge on any atom is 0.191 e. The number of guanidine groups is 1. The van der Waals surface area contributed by atoms with Gasteiger partial charge >= 0.3 is 0 Å². The molecule has 2 aromatic rings. The molecular formula is C20H28IN3O3. The van der Waals surface area contributed by atoms with Crippen LogP contribution in [0.5, 0.6) is 17.2 Å². The van der Waals surface area contributed by atoms with Gasteiger partial charge in [-0.1, -0.05) is 29.8 Å². The van der Waals surface area contributed by atoms with Gasteiger partial charge in [0.25, 0.3) is 0 Å². The van der Waals surface area contributed by atoms with Gasteiger partial charge in [0.1, 0.15) is 5.75 Å². The fourth-order valence-electron chi connectivity index (χ4n) is 2.64. The summed E-state index contributed by atoms with van der Waals surface area (Å²) in [5.74, 6) is 2.73. The van der Waals surface area contributed by atoms with E-state index in [0.717, 1.165) is 11.3 Å². The van der Waals surface area contributed by atoms with Crippen molar-refractivity contribution < 1.29 is 14.2 Å². The third-order valence-electron chi connectivity index (χ3n) is 4.00. The van der Waals surface area contributed by atoms with E-state index in [1.165, 1.54) is 11.1 Å². The quantitative estimate of drug-likeness (QED) is 0.357. The second-order valence-electron chi connectivity index (χ2n) is 5.79. The summed E-state index contributed by atoms with van der Waals surface area (Å²) >= 11 is 0. The van der Waals surface area contributed by atoms with Crippen LogP contribution in [-0.2, 0) is 13.1 Å². The Bertz CT molecular complexity index is 766. The van der Waals surface area contributed by atoms with Crippen LogP contribution in [0, 0.1) is 6.92 Å². The highest BCUT2D eigenvalue weighted by molar-refractivity contribution is 14.0. The monoisotopic (exact) mass is 485 g/mol. The molecule has 7 heteroatoms. The van der Waals surface area contributed by atoms with Crippen LogP contribution in [0.2, 0.25) is 0 Å². The number of hydrogen-bond acceptors (Lipinski definition) is 4. The predicted molar refractivity (Wildman–Crippen MR) is 120 cm³/mol. The number of aliphatic imine (C=N–C) groups is 1. The van der Waals surface area contributed by atoms with Crippen molar-refractivity contribution in [2.75, 3.05) is 28.4 Å². The van der Waals surface area contributed by atoms with Crippen molar-refractivity contribution in [2.24, 2.45) is 4.99 Å². The van der Waals surface area contributed by atoms with E-state index in [4.69, 9.17) is 14.2 Å². The molecule has 0 spiro atoms. The zero-order valence-electron chi connectivity index (χ0n) is 16.5. The molecular weight excluding hydrogens is 457 g/mol. The molecule has 0 atom stereocenters. The van der Waals surface area contributed by atoms with Crippen LogP contribution in [0.4, 0.5) is 0 Å². The van der Waals surface area contributed by atoms with Crippen molar-refractivity contribution in [1.29, 1.82) is 0 Å². The van der Waals surface area contributed by atoms with Crippen LogP contribution in [0.25, 0.3) is 0 Å². The molecule has 0 saturated heterocycles. The number of nitrogens with zero attached hydrogens (tertiary/aromatic N) is 1. The number of benzene rings is 2. The summed E-state index contributed by atoms with van der Waals surface area (Å²) in [5, 5.41) is 6.61. The maximum absolute atomic E-state index is 5.46. The maximum atomic E-state index is 5.46. The van der Waals surface area contributed by atoms with Crippen molar-refractivity contribution >= 4 is 29.9 Å². The SMILES string of the molecule is CN=C(NCc1cccc(C)c1)NCc1cc(OC)c(OC)cc1OC.I. The normalized spacial score (nSPS) is 10.6. The number of aryl methyl sites for hydroxylation is 1. The van der Waals surface area contributed by atoms with Gasteiger partial charge in [-0.25, -0.2) is 0 Å². The average molecular weight is 485 g/mol. The van der Waals surface area contributed by atoms with Gasteiger partial charge < -0.3 is 24.8 Å². The first-order chi connectivity index (χ1) is 12.6. The molecule has 27 heavy (non-hydrogen) atoms. The Kier molecular flexibility index (Phi) is 9.77. The van der Waals surface area contributed by atoms with E-state index in [-0.39, 0.29) is 24.0 Å². The lowest BCUT2D eigenvalue weighted by Gasteiger charge is -2.16. The van der Waals surface area contributed by atoms with Gasteiger partial charge in [-0.2, -0.15) is 0 Å². The van der Waals surface area contributed by atoms with Crippen molar-refractivity contribution in [3.8, 4) is 17.2 Å².